The van der Waals surface area contributed by atoms with E-state index in [1.54, 1.807) is 11.1 Å². The second-order valence-corrected chi connectivity index (χ2v) is 8.73. The quantitative estimate of drug-likeness (QED) is 0.399. The number of aromatic nitrogens is 2. The van der Waals surface area contributed by atoms with Gasteiger partial charge < -0.3 is 29.9 Å². The summed E-state index contributed by atoms with van der Waals surface area (Å²) >= 11 is 0. The number of carbonyl (C=O) groups excluding carboxylic acids is 1. The number of anilines is 3. The second kappa shape index (κ2) is 12.1. The van der Waals surface area contributed by atoms with Gasteiger partial charge in [0.05, 0.1) is 6.61 Å². The molecule has 4 rings (SSSR count). The van der Waals surface area contributed by atoms with Crippen molar-refractivity contribution in [3.05, 3.63) is 71.9 Å². The molecule has 37 heavy (non-hydrogen) atoms. The van der Waals surface area contributed by atoms with Gasteiger partial charge in [-0.25, -0.2) is 9.78 Å². The summed E-state index contributed by atoms with van der Waals surface area (Å²) in [5.74, 6) is 1.55. The van der Waals surface area contributed by atoms with Crippen LogP contribution in [0.4, 0.5) is 22.2 Å². The molecule has 2 amide bonds. The molecule has 3 aromatic rings. The van der Waals surface area contributed by atoms with Crippen LogP contribution in [0.25, 0.3) is 0 Å². The average Bonchev–Trinajstić information content (AvgIpc) is 3.02. The summed E-state index contributed by atoms with van der Waals surface area (Å²) in [6, 6.07) is 16.9. The van der Waals surface area contributed by atoms with Crippen molar-refractivity contribution >= 4 is 29.5 Å². The summed E-state index contributed by atoms with van der Waals surface area (Å²) in [5.41, 5.74) is 2.10. The molecule has 1 aromatic heterocycles. The highest BCUT2D eigenvalue weighted by atomic mass is 16.5. The Hall–Kier alpha value is -4.34. The van der Waals surface area contributed by atoms with Crippen molar-refractivity contribution < 1.29 is 19.4 Å². The lowest BCUT2D eigenvalue weighted by molar-refractivity contribution is 0.0989. The standard InChI is InChI=1S/C27H32N6O4/c1-3-28-26-29-18-23-24(30-26)31(2)14-15-33(25(23)34)21-11-7-12-22(17-21)37-16-8-13-32(27(35)36)19-20-9-5-4-6-10-20/h4-7,9-12,17-18H,3,8,13-16,19H2,1-2H3,(H,35,36)(H,28,29,30). The third kappa shape index (κ3) is 6.46. The number of carboxylic acid groups (broad SMARTS) is 1. The second-order valence-electron chi connectivity index (χ2n) is 8.73. The molecule has 2 N–H and O–H groups in total. The summed E-state index contributed by atoms with van der Waals surface area (Å²) in [6.07, 6.45) is 1.15. The monoisotopic (exact) mass is 504 g/mol. The van der Waals surface area contributed by atoms with Crippen molar-refractivity contribution in [2.75, 3.05) is 55.0 Å². The molecule has 0 spiro atoms. The zero-order chi connectivity index (χ0) is 26.2. The van der Waals surface area contributed by atoms with Gasteiger partial charge in [0.15, 0.2) is 0 Å². The minimum absolute atomic E-state index is 0.169. The zero-order valence-electron chi connectivity index (χ0n) is 21.1. The lowest BCUT2D eigenvalue weighted by Gasteiger charge is -2.22. The number of likely N-dealkylation sites (N-methyl/N-ethyl adjacent to an activating group) is 1. The highest BCUT2D eigenvalue weighted by Gasteiger charge is 2.28. The fourth-order valence-corrected chi connectivity index (χ4v) is 4.14. The van der Waals surface area contributed by atoms with E-state index in [0.29, 0.717) is 68.8 Å². The first-order valence-electron chi connectivity index (χ1n) is 12.3. The van der Waals surface area contributed by atoms with E-state index in [9.17, 15) is 14.7 Å². The van der Waals surface area contributed by atoms with Crippen molar-refractivity contribution in [2.45, 2.75) is 19.9 Å². The molecule has 0 unspecified atom stereocenters. The highest BCUT2D eigenvalue weighted by Crippen LogP contribution is 2.28. The van der Waals surface area contributed by atoms with Crippen LogP contribution >= 0.6 is 0 Å². The lowest BCUT2D eigenvalue weighted by Crippen LogP contribution is -2.33. The normalized spacial score (nSPS) is 13.1. The van der Waals surface area contributed by atoms with E-state index in [1.807, 2.05) is 73.5 Å². The van der Waals surface area contributed by atoms with Gasteiger partial charge in [0.25, 0.3) is 5.91 Å². The van der Waals surface area contributed by atoms with Crippen molar-refractivity contribution in [3.63, 3.8) is 0 Å². The summed E-state index contributed by atoms with van der Waals surface area (Å²) in [7, 11) is 1.91. The Labute approximate surface area is 216 Å². The molecule has 10 heteroatoms. The van der Waals surface area contributed by atoms with Crippen molar-refractivity contribution in [3.8, 4) is 5.75 Å². The van der Waals surface area contributed by atoms with Gasteiger partial charge in [-0.2, -0.15) is 4.98 Å². The Bertz CT molecular complexity index is 1220. The van der Waals surface area contributed by atoms with Crippen LogP contribution in [-0.4, -0.2) is 71.8 Å². The fourth-order valence-electron chi connectivity index (χ4n) is 4.14. The minimum Gasteiger partial charge on any atom is -0.493 e. The maximum Gasteiger partial charge on any atom is 0.407 e. The Balaban J connectivity index is 1.39. The van der Waals surface area contributed by atoms with Gasteiger partial charge in [-0.05, 0) is 31.0 Å². The van der Waals surface area contributed by atoms with E-state index in [0.717, 1.165) is 11.3 Å². The van der Waals surface area contributed by atoms with Crippen LogP contribution in [0, 0.1) is 0 Å². The van der Waals surface area contributed by atoms with Crippen LogP contribution in [0.3, 0.4) is 0 Å². The molecule has 0 bridgehead atoms. The number of hydrogen-bond acceptors (Lipinski definition) is 7. The maximum atomic E-state index is 13.4. The van der Waals surface area contributed by atoms with Crippen LogP contribution in [0.2, 0.25) is 0 Å². The lowest BCUT2D eigenvalue weighted by atomic mass is 10.2. The first kappa shape index (κ1) is 25.7. The van der Waals surface area contributed by atoms with Crippen LogP contribution in [0.15, 0.2) is 60.8 Å². The van der Waals surface area contributed by atoms with Crippen LogP contribution in [-0.2, 0) is 6.54 Å². The molecular weight excluding hydrogens is 472 g/mol. The number of ether oxygens (including phenoxy) is 1. The number of fused-ring (bicyclic) bond motifs is 1. The first-order valence-corrected chi connectivity index (χ1v) is 12.3. The molecule has 2 heterocycles. The number of carbonyl (C=O) groups is 2. The van der Waals surface area contributed by atoms with Crippen molar-refractivity contribution in [1.82, 2.24) is 14.9 Å². The summed E-state index contributed by atoms with van der Waals surface area (Å²) in [5, 5.41) is 12.6. The number of hydrogen-bond donors (Lipinski definition) is 2. The van der Waals surface area contributed by atoms with E-state index in [4.69, 9.17) is 4.74 Å². The third-order valence-corrected chi connectivity index (χ3v) is 6.06. The summed E-state index contributed by atoms with van der Waals surface area (Å²) in [4.78, 5) is 38.9. The highest BCUT2D eigenvalue weighted by molar-refractivity contribution is 6.09. The smallest absolute Gasteiger partial charge is 0.407 e. The van der Waals surface area contributed by atoms with E-state index in [-0.39, 0.29) is 5.91 Å². The molecule has 0 saturated carbocycles. The Morgan fingerprint density at radius 1 is 1.16 bits per heavy atom. The molecule has 2 aromatic carbocycles. The number of rotatable bonds is 10. The van der Waals surface area contributed by atoms with Gasteiger partial charge in [-0.3, -0.25) is 4.79 Å². The molecule has 1 aliphatic rings. The molecule has 0 atom stereocenters. The van der Waals surface area contributed by atoms with Crippen LogP contribution in [0.5, 0.6) is 5.75 Å². The number of nitrogens with zero attached hydrogens (tertiary/aromatic N) is 5. The zero-order valence-corrected chi connectivity index (χ0v) is 21.1. The van der Waals surface area contributed by atoms with Crippen molar-refractivity contribution in [1.29, 1.82) is 0 Å². The third-order valence-electron chi connectivity index (χ3n) is 6.06. The molecule has 1 aliphatic heterocycles. The van der Waals surface area contributed by atoms with E-state index in [2.05, 4.69) is 15.3 Å². The summed E-state index contributed by atoms with van der Waals surface area (Å²) in [6.45, 7) is 4.79. The van der Waals surface area contributed by atoms with Gasteiger partial charge in [-0.1, -0.05) is 36.4 Å². The predicted octanol–water partition coefficient (Wildman–Crippen LogP) is 3.95. The van der Waals surface area contributed by atoms with Gasteiger partial charge in [0.1, 0.15) is 17.1 Å². The topological polar surface area (TPSA) is 111 Å². The van der Waals surface area contributed by atoms with E-state index < -0.39 is 6.09 Å². The Morgan fingerprint density at radius 3 is 2.73 bits per heavy atom. The van der Waals surface area contributed by atoms with Crippen molar-refractivity contribution in [2.24, 2.45) is 0 Å². The molecule has 0 radical (unpaired) electrons. The Morgan fingerprint density at radius 2 is 1.97 bits per heavy atom. The van der Waals surface area contributed by atoms with Gasteiger partial charge in [-0.15, -0.1) is 0 Å². The van der Waals surface area contributed by atoms with Gasteiger partial charge in [0, 0.05) is 57.7 Å². The number of amides is 2. The van der Waals surface area contributed by atoms with Gasteiger partial charge in [0.2, 0.25) is 5.95 Å². The first-order chi connectivity index (χ1) is 18.0. The van der Waals surface area contributed by atoms with Crippen LogP contribution in [0.1, 0.15) is 29.3 Å². The molecule has 0 fully saturated rings. The Kier molecular flexibility index (Phi) is 8.40. The predicted molar refractivity (Wildman–Crippen MR) is 143 cm³/mol. The SMILES string of the molecule is CCNc1ncc2c(n1)N(C)CCN(c1cccc(OCCCN(Cc3ccccc3)C(=O)O)c1)C2=O. The molecule has 10 nitrogen and oxygen atoms in total. The number of benzene rings is 2. The van der Waals surface area contributed by atoms with Gasteiger partial charge >= 0.3 is 6.09 Å². The average molecular weight is 505 g/mol. The largest absolute Gasteiger partial charge is 0.493 e. The fraction of sp³-hybridized carbons (Fsp3) is 0.333. The molecular formula is C27H32N6O4. The molecule has 0 aliphatic carbocycles. The molecule has 194 valence electrons. The van der Waals surface area contributed by atoms with E-state index in [1.165, 1.54) is 4.90 Å². The minimum atomic E-state index is -0.961. The molecule has 0 saturated heterocycles. The van der Waals surface area contributed by atoms with E-state index >= 15 is 0 Å². The number of nitrogens with one attached hydrogen (secondary N) is 1. The maximum absolute atomic E-state index is 13.4. The van der Waals surface area contributed by atoms with Crippen LogP contribution < -0.4 is 19.9 Å². The summed E-state index contributed by atoms with van der Waals surface area (Å²) < 4.78 is 5.92.